The predicted octanol–water partition coefficient (Wildman–Crippen LogP) is 3.60. The minimum absolute atomic E-state index is 0.115. The van der Waals surface area contributed by atoms with Crippen molar-refractivity contribution in [2.24, 2.45) is 5.10 Å². The highest BCUT2D eigenvalue weighted by molar-refractivity contribution is 5.98. The van der Waals surface area contributed by atoms with E-state index < -0.39 is 16.8 Å². The fourth-order valence-electron chi connectivity index (χ4n) is 2.87. The van der Waals surface area contributed by atoms with Crippen LogP contribution in [0, 0.1) is 10.1 Å². The molecule has 0 aliphatic heterocycles. The molecule has 1 amide bonds. The van der Waals surface area contributed by atoms with Gasteiger partial charge in [-0.15, -0.1) is 0 Å². The smallest absolute Gasteiger partial charge is 0.347 e. The van der Waals surface area contributed by atoms with Crippen LogP contribution in [-0.2, 0) is 0 Å². The van der Waals surface area contributed by atoms with Crippen molar-refractivity contribution >= 4 is 23.8 Å². The van der Waals surface area contributed by atoms with Gasteiger partial charge in [-0.1, -0.05) is 24.3 Å². The maximum Gasteiger partial charge on any atom is 0.347 e. The number of nitro benzene ring substituents is 1. The Morgan fingerprint density at radius 2 is 1.58 bits per heavy atom. The summed E-state index contributed by atoms with van der Waals surface area (Å²) in [6.45, 7) is 0. The second kappa shape index (κ2) is 10.5. The van der Waals surface area contributed by atoms with Crippen LogP contribution in [0.5, 0.6) is 17.2 Å². The molecule has 33 heavy (non-hydrogen) atoms. The molecule has 0 aliphatic rings. The van der Waals surface area contributed by atoms with Crippen LogP contribution in [0.3, 0.4) is 0 Å². The number of nitrogens with one attached hydrogen (secondary N) is 1. The molecule has 0 aromatic heterocycles. The first kappa shape index (κ1) is 22.9. The average molecular weight is 449 g/mol. The van der Waals surface area contributed by atoms with Crippen molar-refractivity contribution in [3.63, 3.8) is 0 Å². The number of methoxy groups -OCH3 is 2. The molecule has 0 unspecified atom stereocenters. The topological polar surface area (TPSA) is 129 Å². The first-order valence-corrected chi connectivity index (χ1v) is 9.54. The van der Waals surface area contributed by atoms with E-state index in [2.05, 4.69) is 10.5 Å². The van der Waals surface area contributed by atoms with Crippen molar-refractivity contribution in [3.05, 3.63) is 93.5 Å². The van der Waals surface area contributed by atoms with Gasteiger partial charge in [0.25, 0.3) is 11.6 Å². The maximum absolute atomic E-state index is 12.5. The predicted molar refractivity (Wildman–Crippen MR) is 119 cm³/mol. The Hall–Kier alpha value is -4.73. The van der Waals surface area contributed by atoms with Crippen LogP contribution >= 0.6 is 0 Å². The molecule has 10 heteroatoms. The largest absolute Gasteiger partial charge is 0.496 e. The van der Waals surface area contributed by atoms with Gasteiger partial charge in [-0.05, 0) is 42.0 Å². The molecule has 0 atom stereocenters. The van der Waals surface area contributed by atoms with Gasteiger partial charge in [0.05, 0.1) is 25.4 Å². The highest BCUT2D eigenvalue weighted by Crippen LogP contribution is 2.29. The van der Waals surface area contributed by atoms with Gasteiger partial charge in [0.15, 0.2) is 11.5 Å². The lowest BCUT2D eigenvalue weighted by Crippen LogP contribution is -2.18. The van der Waals surface area contributed by atoms with Crippen LogP contribution in [0.1, 0.15) is 26.3 Å². The molecule has 0 aliphatic carbocycles. The summed E-state index contributed by atoms with van der Waals surface area (Å²) in [4.78, 5) is 35.2. The van der Waals surface area contributed by atoms with Crippen LogP contribution < -0.4 is 19.6 Å². The Bertz CT molecular complexity index is 1220. The van der Waals surface area contributed by atoms with Gasteiger partial charge in [-0.3, -0.25) is 14.9 Å². The van der Waals surface area contributed by atoms with Crippen LogP contribution in [0.15, 0.2) is 71.8 Å². The minimum Gasteiger partial charge on any atom is -0.496 e. The van der Waals surface area contributed by atoms with Crippen molar-refractivity contribution in [1.29, 1.82) is 0 Å². The van der Waals surface area contributed by atoms with E-state index in [4.69, 9.17) is 14.2 Å². The maximum atomic E-state index is 12.5. The number of carbonyl (C=O) groups is 2. The van der Waals surface area contributed by atoms with E-state index in [1.807, 2.05) is 0 Å². The highest BCUT2D eigenvalue weighted by Gasteiger charge is 2.19. The third kappa shape index (κ3) is 5.50. The summed E-state index contributed by atoms with van der Waals surface area (Å²) >= 11 is 0. The quantitative estimate of drug-likeness (QED) is 0.183. The molecule has 0 saturated heterocycles. The summed E-state index contributed by atoms with van der Waals surface area (Å²) in [6.07, 6.45) is 1.32. The zero-order chi connectivity index (χ0) is 23.8. The van der Waals surface area contributed by atoms with Crippen LogP contribution in [0.4, 0.5) is 5.69 Å². The van der Waals surface area contributed by atoms with E-state index in [1.54, 1.807) is 36.4 Å². The van der Waals surface area contributed by atoms with Crippen molar-refractivity contribution in [3.8, 4) is 17.2 Å². The van der Waals surface area contributed by atoms with Crippen LogP contribution in [0.2, 0.25) is 0 Å². The number of benzene rings is 3. The van der Waals surface area contributed by atoms with E-state index in [9.17, 15) is 19.7 Å². The second-order valence-electron chi connectivity index (χ2n) is 6.47. The Morgan fingerprint density at radius 1 is 0.909 bits per heavy atom. The second-order valence-corrected chi connectivity index (χ2v) is 6.47. The zero-order valence-corrected chi connectivity index (χ0v) is 17.7. The zero-order valence-electron chi connectivity index (χ0n) is 17.7. The van der Waals surface area contributed by atoms with Gasteiger partial charge in [0.2, 0.25) is 0 Å². The van der Waals surface area contributed by atoms with Gasteiger partial charge >= 0.3 is 5.97 Å². The summed E-state index contributed by atoms with van der Waals surface area (Å²) in [7, 11) is 2.86. The number of nitrogens with zero attached hydrogens (tertiary/aromatic N) is 2. The van der Waals surface area contributed by atoms with Crippen molar-refractivity contribution in [2.75, 3.05) is 14.2 Å². The summed E-state index contributed by atoms with van der Waals surface area (Å²) in [5.41, 5.74) is 2.58. The molecule has 0 heterocycles. The monoisotopic (exact) mass is 449 g/mol. The molecule has 3 aromatic rings. The molecule has 0 bridgehead atoms. The normalized spacial score (nSPS) is 10.5. The number of nitro groups is 1. The SMILES string of the molecule is COc1cc(/C=N\NC(=O)c2ccccc2[N+](=O)[O-])ccc1OC(=O)c1ccccc1OC. The standard InChI is InChI=1S/C23H19N3O7/c1-31-19-10-6-4-8-17(19)23(28)33-20-12-11-15(13-21(20)32-2)14-24-25-22(27)16-7-3-5-9-18(16)26(29)30/h3-14H,1-2H3,(H,25,27)/b24-14-. The molecule has 0 spiro atoms. The highest BCUT2D eigenvalue weighted by atomic mass is 16.6. The molecule has 3 aromatic carbocycles. The van der Waals surface area contributed by atoms with Crippen LogP contribution in [0.25, 0.3) is 0 Å². The Kier molecular flexibility index (Phi) is 7.32. The van der Waals surface area contributed by atoms with Gasteiger partial charge in [-0.2, -0.15) is 5.10 Å². The summed E-state index contributed by atoms with van der Waals surface area (Å²) in [5.74, 6) is -0.543. The number of hydrogen-bond acceptors (Lipinski definition) is 8. The Labute approximate surface area is 188 Å². The van der Waals surface area contributed by atoms with Crippen molar-refractivity contribution < 1.29 is 28.7 Å². The molecule has 0 saturated carbocycles. The summed E-state index contributed by atoms with van der Waals surface area (Å²) < 4.78 is 15.9. The van der Waals surface area contributed by atoms with E-state index >= 15 is 0 Å². The molecular weight excluding hydrogens is 430 g/mol. The van der Waals surface area contributed by atoms with Gasteiger partial charge in [0.1, 0.15) is 16.9 Å². The molecule has 168 valence electrons. The van der Waals surface area contributed by atoms with Crippen molar-refractivity contribution in [2.45, 2.75) is 0 Å². The van der Waals surface area contributed by atoms with E-state index in [0.29, 0.717) is 11.3 Å². The lowest BCUT2D eigenvalue weighted by atomic mass is 10.2. The minimum atomic E-state index is -0.729. The van der Waals surface area contributed by atoms with E-state index in [1.165, 1.54) is 50.8 Å². The summed E-state index contributed by atoms with van der Waals surface area (Å²) in [6, 6.07) is 16.8. The van der Waals surface area contributed by atoms with Gasteiger partial charge < -0.3 is 14.2 Å². The molecule has 3 rings (SSSR count). The van der Waals surface area contributed by atoms with Gasteiger partial charge in [-0.25, -0.2) is 10.2 Å². The number of hydrazone groups is 1. The Morgan fingerprint density at radius 3 is 2.27 bits per heavy atom. The number of ether oxygens (including phenoxy) is 3. The molecule has 0 radical (unpaired) electrons. The lowest BCUT2D eigenvalue weighted by molar-refractivity contribution is -0.385. The number of esters is 1. The van der Waals surface area contributed by atoms with Crippen LogP contribution in [-0.4, -0.2) is 37.2 Å². The average Bonchev–Trinajstić information content (AvgIpc) is 2.84. The fraction of sp³-hybridized carbons (Fsp3) is 0.0870. The Balaban J connectivity index is 1.72. The van der Waals surface area contributed by atoms with E-state index in [-0.39, 0.29) is 28.3 Å². The lowest BCUT2D eigenvalue weighted by Gasteiger charge is -2.11. The first-order chi connectivity index (χ1) is 15.9. The third-order valence-corrected chi connectivity index (χ3v) is 4.44. The number of carbonyl (C=O) groups excluding carboxylic acids is 2. The first-order valence-electron chi connectivity index (χ1n) is 9.54. The van der Waals surface area contributed by atoms with Gasteiger partial charge in [0, 0.05) is 6.07 Å². The van der Waals surface area contributed by atoms with Crippen molar-refractivity contribution in [1.82, 2.24) is 5.43 Å². The number of rotatable bonds is 8. The molecular formula is C23H19N3O7. The van der Waals surface area contributed by atoms with E-state index in [0.717, 1.165) is 0 Å². The number of para-hydroxylation sites is 2. The number of hydrogen-bond donors (Lipinski definition) is 1. The number of amides is 1. The fourth-order valence-corrected chi connectivity index (χ4v) is 2.87. The third-order valence-electron chi connectivity index (χ3n) is 4.44. The summed E-state index contributed by atoms with van der Waals surface area (Å²) in [5, 5.41) is 14.9. The molecule has 1 N–H and O–H groups in total. The molecule has 0 fully saturated rings. The molecule has 10 nitrogen and oxygen atoms in total.